The molecule has 1 aliphatic carbocycles. The van der Waals surface area contributed by atoms with Crippen LogP contribution >= 0.6 is 0 Å². The molecule has 2 nitrogen and oxygen atoms in total. The second kappa shape index (κ2) is 13.9. The summed E-state index contributed by atoms with van der Waals surface area (Å²) in [6, 6.07) is 80.0. The molecular formula is C57H42N2. The highest BCUT2D eigenvalue weighted by molar-refractivity contribution is 6.03. The van der Waals surface area contributed by atoms with Gasteiger partial charge in [0.25, 0.3) is 0 Å². The van der Waals surface area contributed by atoms with Crippen LogP contribution in [0.3, 0.4) is 0 Å². The monoisotopic (exact) mass is 754 g/mol. The predicted molar refractivity (Wildman–Crippen MR) is 249 cm³/mol. The van der Waals surface area contributed by atoms with Crippen molar-refractivity contribution in [1.29, 1.82) is 0 Å². The molecule has 0 N–H and O–H groups in total. The molecule has 280 valence electrons. The van der Waals surface area contributed by atoms with Gasteiger partial charge >= 0.3 is 0 Å². The van der Waals surface area contributed by atoms with Crippen LogP contribution in [0.25, 0.3) is 55.6 Å². The van der Waals surface area contributed by atoms with Gasteiger partial charge in [0.15, 0.2) is 0 Å². The Morgan fingerprint density at radius 1 is 0.322 bits per heavy atom. The quantitative estimate of drug-likeness (QED) is 0.167. The first-order chi connectivity index (χ1) is 29.0. The molecule has 0 bridgehead atoms. The molecule has 0 spiro atoms. The Kier molecular flexibility index (Phi) is 8.20. The third-order valence-electron chi connectivity index (χ3n) is 12.4. The first-order valence-corrected chi connectivity index (χ1v) is 20.5. The summed E-state index contributed by atoms with van der Waals surface area (Å²) >= 11 is 0. The van der Waals surface area contributed by atoms with Crippen molar-refractivity contribution >= 4 is 34.1 Å². The summed E-state index contributed by atoms with van der Waals surface area (Å²) in [4.78, 5) is 4.84. The fraction of sp³-hybridized carbons (Fsp3) is 0.0526. The molecule has 1 aliphatic heterocycles. The highest BCUT2D eigenvalue weighted by atomic mass is 15.2. The minimum atomic E-state index is -0.113. The van der Waals surface area contributed by atoms with E-state index in [1.807, 2.05) is 0 Å². The van der Waals surface area contributed by atoms with Gasteiger partial charge in [0.2, 0.25) is 0 Å². The van der Waals surface area contributed by atoms with E-state index >= 15 is 0 Å². The zero-order valence-electron chi connectivity index (χ0n) is 33.2. The number of benzene rings is 9. The van der Waals surface area contributed by atoms with Crippen LogP contribution in [0.15, 0.2) is 218 Å². The molecule has 0 fully saturated rings. The molecule has 0 radical (unpaired) electrons. The van der Waals surface area contributed by atoms with E-state index in [4.69, 9.17) is 0 Å². The van der Waals surface area contributed by atoms with Crippen molar-refractivity contribution in [2.24, 2.45) is 0 Å². The lowest BCUT2D eigenvalue weighted by atomic mass is 9.82. The van der Waals surface area contributed by atoms with Gasteiger partial charge in [0.05, 0.1) is 11.4 Å². The number of nitrogens with zero attached hydrogens (tertiary/aromatic N) is 2. The fourth-order valence-electron chi connectivity index (χ4n) is 9.50. The van der Waals surface area contributed by atoms with Gasteiger partial charge in [-0.25, -0.2) is 0 Å². The smallest absolute Gasteiger partial charge is 0.0540 e. The second-order valence-electron chi connectivity index (χ2n) is 16.2. The first kappa shape index (κ1) is 34.8. The molecule has 2 heteroatoms. The van der Waals surface area contributed by atoms with Crippen molar-refractivity contribution in [1.82, 2.24) is 0 Å². The average Bonchev–Trinajstić information content (AvgIpc) is 3.44. The summed E-state index contributed by atoms with van der Waals surface area (Å²) in [6.07, 6.45) is 0. The number of rotatable bonds is 6. The third-order valence-corrected chi connectivity index (χ3v) is 12.4. The van der Waals surface area contributed by atoms with Crippen LogP contribution in [0.5, 0.6) is 0 Å². The van der Waals surface area contributed by atoms with Crippen LogP contribution in [0.2, 0.25) is 0 Å². The minimum Gasteiger partial charge on any atom is -0.310 e. The van der Waals surface area contributed by atoms with Crippen molar-refractivity contribution < 1.29 is 0 Å². The molecule has 0 aromatic heterocycles. The third kappa shape index (κ3) is 5.79. The van der Waals surface area contributed by atoms with Crippen molar-refractivity contribution in [3.05, 3.63) is 230 Å². The van der Waals surface area contributed by atoms with Crippen LogP contribution in [0.1, 0.15) is 25.0 Å². The summed E-state index contributed by atoms with van der Waals surface area (Å²) in [5.74, 6) is 0. The van der Waals surface area contributed by atoms with Crippen molar-refractivity contribution in [3.63, 3.8) is 0 Å². The standard InChI is InChI=1S/C57H42N2/c1-57(2)53-26-13-11-24-49(53)50-34-33-46(38-54(50)57)58(44-31-28-40(29-32-44)39-16-5-3-6-17-39)45-21-15-18-41(36-45)42-30-35-56-52(37-42)48-23-10-9-22-47(48)51-25-12-14-27-55(51)59(56)43-19-7-4-8-20-43/h3-38H,1-2H3. The van der Waals surface area contributed by atoms with Gasteiger partial charge < -0.3 is 9.80 Å². The highest BCUT2D eigenvalue weighted by Crippen LogP contribution is 2.53. The Balaban J connectivity index is 1.06. The normalized spacial score (nSPS) is 13.0. The molecule has 9 aromatic rings. The van der Waals surface area contributed by atoms with Crippen molar-refractivity contribution in [2.45, 2.75) is 19.3 Å². The predicted octanol–water partition coefficient (Wildman–Crippen LogP) is 15.9. The van der Waals surface area contributed by atoms with Gasteiger partial charge in [-0.3, -0.25) is 0 Å². The van der Waals surface area contributed by atoms with Crippen LogP contribution < -0.4 is 9.80 Å². The van der Waals surface area contributed by atoms with Crippen LogP contribution in [0, 0.1) is 0 Å². The van der Waals surface area contributed by atoms with E-state index in [0.717, 1.165) is 34.0 Å². The molecule has 0 amide bonds. The number of anilines is 6. The fourth-order valence-corrected chi connectivity index (χ4v) is 9.50. The Bertz CT molecular complexity index is 3020. The van der Waals surface area contributed by atoms with E-state index in [2.05, 4.69) is 242 Å². The molecule has 9 aromatic carbocycles. The highest BCUT2D eigenvalue weighted by Gasteiger charge is 2.36. The van der Waals surface area contributed by atoms with E-state index in [0.29, 0.717) is 0 Å². The minimum absolute atomic E-state index is 0.113. The van der Waals surface area contributed by atoms with Crippen LogP contribution in [-0.4, -0.2) is 0 Å². The largest absolute Gasteiger partial charge is 0.310 e. The maximum absolute atomic E-state index is 2.42. The molecule has 0 saturated carbocycles. The van der Waals surface area contributed by atoms with Gasteiger partial charge in [-0.15, -0.1) is 0 Å². The number of fused-ring (bicyclic) bond motifs is 8. The summed E-state index contributed by atoms with van der Waals surface area (Å²) in [5, 5.41) is 0. The summed E-state index contributed by atoms with van der Waals surface area (Å²) < 4.78 is 0. The van der Waals surface area contributed by atoms with Gasteiger partial charge in [-0.2, -0.15) is 0 Å². The van der Waals surface area contributed by atoms with Crippen LogP contribution in [0.4, 0.5) is 34.1 Å². The maximum atomic E-state index is 2.42. The van der Waals surface area contributed by atoms with Crippen molar-refractivity contribution in [3.8, 4) is 55.6 Å². The molecule has 0 saturated heterocycles. The SMILES string of the molecule is CC1(C)c2ccccc2-c2ccc(N(c3ccc(-c4ccccc4)cc3)c3cccc(-c4ccc5c(c4)-c4ccccc4-c4ccccc4N5c4ccccc4)c3)cc21. The lowest BCUT2D eigenvalue weighted by Crippen LogP contribution is -2.16. The van der Waals surface area contributed by atoms with E-state index in [1.54, 1.807) is 0 Å². The Hall–Kier alpha value is -7.42. The number of para-hydroxylation sites is 2. The lowest BCUT2D eigenvalue weighted by Gasteiger charge is -2.29. The van der Waals surface area contributed by atoms with E-state index in [1.165, 1.54) is 66.9 Å². The molecule has 1 heterocycles. The summed E-state index contributed by atoms with van der Waals surface area (Å²) in [7, 11) is 0. The van der Waals surface area contributed by atoms with E-state index in [-0.39, 0.29) is 5.41 Å². The topological polar surface area (TPSA) is 6.48 Å². The zero-order chi connectivity index (χ0) is 39.5. The molecule has 59 heavy (non-hydrogen) atoms. The first-order valence-electron chi connectivity index (χ1n) is 20.5. The van der Waals surface area contributed by atoms with Crippen LogP contribution in [-0.2, 0) is 5.41 Å². The van der Waals surface area contributed by atoms with Gasteiger partial charge in [-0.05, 0) is 122 Å². The Morgan fingerprint density at radius 2 is 0.847 bits per heavy atom. The average molecular weight is 755 g/mol. The van der Waals surface area contributed by atoms with Crippen molar-refractivity contribution in [2.75, 3.05) is 9.80 Å². The van der Waals surface area contributed by atoms with Gasteiger partial charge in [-0.1, -0.05) is 166 Å². The number of hydrogen-bond donors (Lipinski definition) is 0. The Labute approximate surface area is 346 Å². The molecule has 2 aliphatic rings. The molecule has 0 atom stereocenters. The van der Waals surface area contributed by atoms with Gasteiger partial charge in [0.1, 0.15) is 0 Å². The van der Waals surface area contributed by atoms with Gasteiger partial charge in [0, 0.05) is 39.3 Å². The lowest BCUT2D eigenvalue weighted by molar-refractivity contribution is 0.660. The summed E-state index contributed by atoms with van der Waals surface area (Å²) in [6.45, 7) is 4.71. The summed E-state index contributed by atoms with van der Waals surface area (Å²) in [5.41, 5.74) is 21.7. The molecular weight excluding hydrogens is 713 g/mol. The second-order valence-corrected chi connectivity index (χ2v) is 16.2. The number of hydrogen-bond acceptors (Lipinski definition) is 2. The maximum Gasteiger partial charge on any atom is 0.0540 e. The van der Waals surface area contributed by atoms with E-state index < -0.39 is 0 Å². The zero-order valence-corrected chi connectivity index (χ0v) is 33.2. The molecule has 11 rings (SSSR count). The van der Waals surface area contributed by atoms with E-state index in [9.17, 15) is 0 Å². The molecule has 0 unspecified atom stereocenters. The Morgan fingerprint density at radius 3 is 1.63 bits per heavy atom.